The topological polar surface area (TPSA) is 116 Å². The van der Waals surface area contributed by atoms with Crippen LogP contribution in [0.2, 0.25) is 0 Å². The zero-order valence-corrected chi connectivity index (χ0v) is 18.3. The maximum Gasteiger partial charge on any atom is 0.328 e. The Morgan fingerprint density at radius 1 is 1.03 bits per heavy atom. The second-order valence-corrected chi connectivity index (χ2v) is 7.06. The number of likely N-dealkylation sites (tertiary alicyclic amines) is 1. The van der Waals surface area contributed by atoms with Gasteiger partial charge in [-0.3, -0.25) is 14.6 Å². The van der Waals surface area contributed by atoms with E-state index in [1.807, 2.05) is 0 Å². The summed E-state index contributed by atoms with van der Waals surface area (Å²) in [5.74, 6) is -0.370. The van der Waals surface area contributed by atoms with Crippen molar-refractivity contribution in [2.75, 3.05) is 35.0 Å². The Bertz CT molecular complexity index is 971. The minimum atomic E-state index is -0.856. The van der Waals surface area contributed by atoms with Crippen LogP contribution in [-0.4, -0.2) is 74.7 Å². The normalized spacial score (nSPS) is 17.4. The number of amides is 2. The first-order chi connectivity index (χ1) is 15.4. The van der Waals surface area contributed by atoms with Crippen LogP contribution in [-0.2, 0) is 9.53 Å². The van der Waals surface area contributed by atoms with Crippen molar-refractivity contribution in [1.82, 2.24) is 15.2 Å². The fourth-order valence-corrected chi connectivity index (χ4v) is 3.66. The fourth-order valence-electron chi connectivity index (χ4n) is 3.66. The van der Waals surface area contributed by atoms with Gasteiger partial charge in [-0.1, -0.05) is 0 Å². The first-order valence-corrected chi connectivity index (χ1v) is 9.83. The molecule has 2 heterocycles. The smallest absolute Gasteiger partial charge is 0.328 e. The molecular weight excluding hydrogens is 418 g/mol. The van der Waals surface area contributed by atoms with E-state index in [0.29, 0.717) is 22.8 Å². The average molecular weight is 443 g/mol. The first-order valence-electron chi connectivity index (χ1n) is 9.83. The van der Waals surface area contributed by atoms with Crippen molar-refractivity contribution in [2.24, 2.45) is 0 Å². The molecule has 0 spiro atoms. The molecule has 2 aromatic rings. The lowest BCUT2D eigenvalue weighted by atomic mass is 10.1. The van der Waals surface area contributed by atoms with E-state index in [9.17, 15) is 14.4 Å². The van der Waals surface area contributed by atoms with E-state index in [2.05, 4.69) is 10.3 Å². The number of pyridine rings is 1. The second-order valence-electron chi connectivity index (χ2n) is 7.06. The van der Waals surface area contributed by atoms with Crippen molar-refractivity contribution >= 4 is 17.8 Å². The van der Waals surface area contributed by atoms with E-state index in [4.69, 9.17) is 18.9 Å². The third kappa shape index (κ3) is 4.58. The number of benzene rings is 1. The van der Waals surface area contributed by atoms with Crippen molar-refractivity contribution < 1.29 is 33.3 Å². The Morgan fingerprint density at radius 3 is 2.25 bits per heavy atom. The molecule has 3 rings (SSSR count). The van der Waals surface area contributed by atoms with E-state index in [-0.39, 0.29) is 24.4 Å². The minimum Gasteiger partial charge on any atom is -0.493 e. The summed E-state index contributed by atoms with van der Waals surface area (Å²) in [5, 5.41) is 2.85. The highest BCUT2D eigenvalue weighted by atomic mass is 16.5. The lowest BCUT2D eigenvalue weighted by Gasteiger charge is -2.23. The molecular formula is C22H25N3O7. The standard InChI is InChI=1S/C22H25N3O7/c1-29-17-8-14(9-18(30-2)19(17)31-3)21(27)25-12-15(10-16(25)22(28)32-4)24-20(26)13-6-5-7-23-11-13/h5-9,11,15-16H,10,12H2,1-4H3,(H,24,26). The fraction of sp³-hybridized carbons (Fsp3) is 0.364. The Hall–Kier alpha value is -3.82. The van der Waals surface area contributed by atoms with Gasteiger partial charge in [0.15, 0.2) is 11.5 Å². The van der Waals surface area contributed by atoms with E-state index in [0.717, 1.165) is 0 Å². The third-order valence-electron chi connectivity index (χ3n) is 5.21. The Kier molecular flexibility index (Phi) is 7.14. The van der Waals surface area contributed by atoms with Crippen LogP contribution in [0.3, 0.4) is 0 Å². The first kappa shape index (κ1) is 22.9. The minimum absolute atomic E-state index is 0.126. The van der Waals surface area contributed by atoms with Crippen LogP contribution in [0.15, 0.2) is 36.7 Å². The van der Waals surface area contributed by atoms with Crippen molar-refractivity contribution in [1.29, 1.82) is 0 Å². The molecule has 10 heteroatoms. The van der Waals surface area contributed by atoms with Crippen LogP contribution < -0.4 is 19.5 Å². The number of nitrogens with zero attached hydrogens (tertiary/aromatic N) is 2. The highest BCUT2D eigenvalue weighted by Crippen LogP contribution is 2.39. The van der Waals surface area contributed by atoms with Gasteiger partial charge in [0.25, 0.3) is 11.8 Å². The Labute approximate surface area is 185 Å². The average Bonchev–Trinajstić information content (AvgIpc) is 3.26. The third-order valence-corrected chi connectivity index (χ3v) is 5.21. The number of rotatable bonds is 7. The van der Waals surface area contributed by atoms with Gasteiger partial charge in [0.1, 0.15) is 6.04 Å². The van der Waals surface area contributed by atoms with Gasteiger partial charge in [-0.05, 0) is 24.3 Å². The predicted molar refractivity (Wildman–Crippen MR) is 113 cm³/mol. The summed E-state index contributed by atoms with van der Waals surface area (Å²) in [5.41, 5.74) is 0.629. The van der Waals surface area contributed by atoms with E-state index in [1.54, 1.807) is 18.3 Å². The summed E-state index contributed by atoms with van der Waals surface area (Å²) >= 11 is 0. The van der Waals surface area contributed by atoms with E-state index < -0.39 is 24.0 Å². The van der Waals surface area contributed by atoms with Crippen molar-refractivity contribution in [3.8, 4) is 17.2 Å². The molecule has 1 saturated heterocycles. The molecule has 1 aromatic carbocycles. The SMILES string of the molecule is COC(=O)C1CC(NC(=O)c2cccnc2)CN1C(=O)c1cc(OC)c(OC)c(OC)c1. The van der Waals surface area contributed by atoms with Crippen molar-refractivity contribution in [3.05, 3.63) is 47.8 Å². The molecule has 0 radical (unpaired) electrons. The quantitative estimate of drug-likeness (QED) is 0.637. The van der Waals surface area contributed by atoms with E-state index >= 15 is 0 Å². The maximum absolute atomic E-state index is 13.4. The largest absolute Gasteiger partial charge is 0.493 e. The number of esters is 1. The molecule has 0 saturated carbocycles. The van der Waals surface area contributed by atoms with Gasteiger partial charge in [0, 0.05) is 37.0 Å². The molecule has 2 atom stereocenters. The molecule has 0 bridgehead atoms. The monoisotopic (exact) mass is 443 g/mol. The highest BCUT2D eigenvalue weighted by Gasteiger charge is 2.41. The maximum atomic E-state index is 13.4. The van der Waals surface area contributed by atoms with Crippen molar-refractivity contribution in [3.63, 3.8) is 0 Å². The number of hydrogen-bond acceptors (Lipinski definition) is 8. The predicted octanol–water partition coefficient (Wildman–Crippen LogP) is 1.29. The number of carbonyl (C=O) groups is 3. The van der Waals surface area contributed by atoms with Gasteiger partial charge in [-0.15, -0.1) is 0 Å². The summed E-state index contributed by atoms with van der Waals surface area (Å²) in [7, 11) is 5.61. The summed E-state index contributed by atoms with van der Waals surface area (Å²) in [6.45, 7) is 0.126. The molecule has 32 heavy (non-hydrogen) atoms. The number of hydrogen-bond donors (Lipinski definition) is 1. The summed E-state index contributed by atoms with van der Waals surface area (Å²) in [4.78, 5) is 43.6. The molecule has 1 aliphatic rings. The van der Waals surface area contributed by atoms with E-state index in [1.165, 1.54) is 51.7 Å². The van der Waals surface area contributed by atoms with Gasteiger partial charge in [-0.25, -0.2) is 4.79 Å². The second kappa shape index (κ2) is 9.99. The molecule has 1 aromatic heterocycles. The van der Waals surface area contributed by atoms with Gasteiger partial charge in [0.05, 0.1) is 34.0 Å². The van der Waals surface area contributed by atoms with Crippen LogP contribution in [0, 0.1) is 0 Å². The van der Waals surface area contributed by atoms with Crippen LogP contribution in [0.5, 0.6) is 17.2 Å². The molecule has 1 fully saturated rings. The zero-order chi connectivity index (χ0) is 23.3. The number of nitrogens with one attached hydrogen (secondary N) is 1. The Morgan fingerprint density at radius 2 is 1.72 bits per heavy atom. The molecule has 1 N–H and O–H groups in total. The molecule has 2 unspecified atom stereocenters. The molecule has 0 aliphatic carbocycles. The molecule has 10 nitrogen and oxygen atoms in total. The zero-order valence-electron chi connectivity index (χ0n) is 18.3. The molecule has 2 amide bonds. The van der Waals surface area contributed by atoms with Crippen LogP contribution in [0.25, 0.3) is 0 Å². The van der Waals surface area contributed by atoms with Gasteiger partial charge in [0.2, 0.25) is 5.75 Å². The van der Waals surface area contributed by atoms with Crippen LogP contribution in [0.4, 0.5) is 0 Å². The van der Waals surface area contributed by atoms with Gasteiger partial charge < -0.3 is 29.2 Å². The summed E-state index contributed by atoms with van der Waals surface area (Å²) in [6, 6.07) is 5.01. The number of aromatic nitrogens is 1. The molecule has 1 aliphatic heterocycles. The lowest BCUT2D eigenvalue weighted by Crippen LogP contribution is -2.42. The highest BCUT2D eigenvalue weighted by molar-refractivity contribution is 5.99. The van der Waals surface area contributed by atoms with Crippen molar-refractivity contribution in [2.45, 2.75) is 18.5 Å². The Balaban J connectivity index is 1.86. The van der Waals surface area contributed by atoms with Crippen LogP contribution in [0.1, 0.15) is 27.1 Å². The number of methoxy groups -OCH3 is 4. The van der Waals surface area contributed by atoms with Crippen LogP contribution >= 0.6 is 0 Å². The summed E-state index contributed by atoms with van der Waals surface area (Å²) < 4.78 is 20.8. The summed E-state index contributed by atoms with van der Waals surface area (Å²) in [6.07, 6.45) is 3.23. The number of ether oxygens (including phenoxy) is 4. The number of carbonyl (C=O) groups excluding carboxylic acids is 3. The van der Waals surface area contributed by atoms with Gasteiger partial charge in [-0.2, -0.15) is 0 Å². The lowest BCUT2D eigenvalue weighted by molar-refractivity contribution is -0.145. The molecule has 170 valence electrons. The van der Waals surface area contributed by atoms with Gasteiger partial charge >= 0.3 is 5.97 Å².